The van der Waals surface area contributed by atoms with Crippen molar-refractivity contribution >= 4 is 23.5 Å². The van der Waals surface area contributed by atoms with Gasteiger partial charge < -0.3 is 14.8 Å². The first kappa shape index (κ1) is 20.9. The van der Waals surface area contributed by atoms with Crippen LogP contribution in [0.25, 0.3) is 5.69 Å². The zero-order chi connectivity index (χ0) is 22.0. The van der Waals surface area contributed by atoms with Crippen LogP contribution in [0.5, 0.6) is 11.5 Å². The third kappa shape index (κ3) is 3.99. The molecule has 7 heteroatoms. The maximum atomic E-state index is 12.8. The molecule has 1 aromatic heterocycles. The van der Waals surface area contributed by atoms with Gasteiger partial charge in [0.25, 0.3) is 0 Å². The van der Waals surface area contributed by atoms with Gasteiger partial charge in [0.1, 0.15) is 12.4 Å². The number of benzene rings is 2. The van der Waals surface area contributed by atoms with Crippen LogP contribution < -0.4 is 14.8 Å². The number of thioether (sulfide) groups is 1. The van der Waals surface area contributed by atoms with Crippen LogP contribution in [0.2, 0.25) is 0 Å². The Bertz CT molecular complexity index is 1150. The summed E-state index contributed by atoms with van der Waals surface area (Å²) in [6, 6.07) is 15.6. The van der Waals surface area contributed by atoms with Crippen LogP contribution in [0.3, 0.4) is 0 Å². The summed E-state index contributed by atoms with van der Waals surface area (Å²) >= 11 is 1.58. The molecule has 1 aliphatic heterocycles. The number of amides is 1. The fourth-order valence-corrected chi connectivity index (χ4v) is 4.93. The van der Waals surface area contributed by atoms with Crippen LogP contribution in [-0.2, 0) is 4.79 Å². The van der Waals surface area contributed by atoms with Gasteiger partial charge in [-0.05, 0) is 43.7 Å². The number of methoxy groups -OCH3 is 1. The number of aromatic nitrogens is 2. The van der Waals surface area contributed by atoms with Gasteiger partial charge in [-0.2, -0.15) is 5.10 Å². The third-order valence-electron chi connectivity index (χ3n) is 5.12. The Morgan fingerprint density at radius 1 is 1.23 bits per heavy atom. The van der Waals surface area contributed by atoms with E-state index < -0.39 is 0 Å². The van der Waals surface area contributed by atoms with E-state index in [-0.39, 0.29) is 23.0 Å². The molecule has 0 spiro atoms. The molecule has 0 saturated heterocycles. The second-order valence-electron chi connectivity index (χ2n) is 7.15. The lowest BCUT2D eigenvalue weighted by Gasteiger charge is -2.19. The Hall–Kier alpha value is -3.37. The molecule has 1 amide bonds. The lowest BCUT2D eigenvalue weighted by molar-refractivity contribution is -0.115. The lowest BCUT2D eigenvalue weighted by atomic mass is 10.0. The van der Waals surface area contributed by atoms with Crippen molar-refractivity contribution in [3.8, 4) is 29.5 Å². The molecule has 2 atom stereocenters. The standard InChI is InChI=1S/C24H23N3O3S/c1-5-13-30-19-12-11-17(14-20(19)29-4)22-21-15(2)26-27(18-9-7-6-8-10-18)23(21)25-24(28)16(3)31-22/h1,6-12,14,16,22H,13H2,2-4H3,(H,25,28)/t16-,22+/m1/s1. The molecule has 2 heterocycles. The van der Waals surface area contributed by atoms with E-state index in [2.05, 4.69) is 11.2 Å². The molecule has 0 fully saturated rings. The normalized spacial score (nSPS) is 17.8. The van der Waals surface area contributed by atoms with Gasteiger partial charge in [0.15, 0.2) is 11.5 Å². The molecular formula is C24H23N3O3S. The fraction of sp³-hybridized carbons (Fsp3) is 0.250. The molecule has 31 heavy (non-hydrogen) atoms. The smallest absolute Gasteiger partial charge is 0.238 e. The Morgan fingerprint density at radius 2 is 2.00 bits per heavy atom. The second-order valence-corrected chi connectivity index (χ2v) is 8.60. The first-order valence-corrected chi connectivity index (χ1v) is 10.8. The molecule has 0 radical (unpaired) electrons. The lowest BCUT2D eigenvalue weighted by Crippen LogP contribution is -2.22. The Morgan fingerprint density at radius 3 is 2.71 bits per heavy atom. The molecule has 0 bridgehead atoms. The Balaban J connectivity index is 1.84. The molecule has 2 aromatic carbocycles. The number of nitrogens with zero attached hydrogens (tertiary/aromatic N) is 2. The van der Waals surface area contributed by atoms with E-state index in [1.807, 2.05) is 62.4 Å². The van der Waals surface area contributed by atoms with Crippen molar-refractivity contribution in [2.45, 2.75) is 24.3 Å². The predicted molar refractivity (Wildman–Crippen MR) is 123 cm³/mol. The van der Waals surface area contributed by atoms with Gasteiger partial charge in [0.2, 0.25) is 5.91 Å². The topological polar surface area (TPSA) is 65.4 Å². The summed E-state index contributed by atoms with van der Waals surface area (Å²) < 4.78 is 12.9. The predicted octanol–water partition coefficient (Wildman–Crippen LogP) is 4.36. The highest BCUT2D eigenvalue weighted by atomic mass is 32.2. The van der Waals surface area contributed by atoms with Crippen LogP contribution in [0.4, 0.5) is 5.82 Å². The van der Waals surface area contributed by atoms with Crippen molar-refractivity contribution in [2.75, 3.05) is 19.0 Å². The molecule has 1 N–H and O–H groups in total. The number of hydrogen-bond acceptors (Lipinski definition) is 5. The zero-order valence-electron chi connectivity index (χ0n) is 17.6. The Kier molecular flexibility index (Phi) is 5.92. The highest BCUT2D eigenvalue weighted by Gasteiger charge is 2.34. The minimum Gasteiger partial charge on any atom is -0.493 e. The summed E-state index contributed by atoms with van der Waals surface area (Å²) in [6.45, 7) is 4.04. The van der Waals surface area contributed by atoms with Crippen molar-refractivity contribution < 1.29 is 14.3 Å². The number of nitrogens with one attached hydrogen (secondary N) is 1. The molecular weight excluding hydrogens is 410 g/mol. The quantitative estimate of drug-likeness (QED) is 0.606. The number of aryl methyl sites for hydroxylation is 1. The van der Waals surface area contributed by atoms with Gasteiger partial charge in [-0.25, -0.2) is 4.68 Å². The van der Waals surface area contributed by atoms with E-state index in [1.165, 1.54) is 0 Å². The summed E-state index contributed by atoms with van der Waals surface area (Å²) in [5, 5.41) is 7.48. The maximum Gasteiger partial charge on any atom is 0.238 e. The molecule has 158 valence electrons. The van der Waals surface area contributed by atoms with E-state index in [4.69, 9.17) is 21.0 Å². The molecule has 0 unspecified atom stereocenters. The molecule has 0 saturated carbocycles. The van der Waals surface area contributed by atoms with Gasteiger partial charge in [0, 0.05) is 5.56 Å². The van der Waals surface area contributed by atoms with E-state index in [1.54, 1.807) is 23.6 Å². The van der Waals surface area contributed by atoms with Gasteiger partial charge in [-0.1, -0.05) is 30.2 Å². The number of rotatable bonds is 5. The van der Waals surface area contributed by atoms with Gasteiger partial charge >= 0.3 is 0 Å². The van der Waals surface area contributed by atoms with Gasteiger partial charge in [-0.15, -0.1) is 18.2 Å². The number of fused-ring (bicyclic) bond motifs is 1. The molecule has 0 aliphatic carbocycles. The molecule has 4 rings (SSSR count). The first-order valence-electron chi connectivity index (χ1n) is 9.89. The number of hydrogen-bond donors (Lipinski definition) is 1. The van der Waals surface area contributed by atoms with Crippen LogP contribution in [0.1, 0.15) is 29.0 Å². The number of anilines is 1. The van der Waals surface area contributed by atoms with E-state index >= 15 is 0 Å². The highest BCUT2D eigenvalue weighted by molar-refractivity contribution is 8.01. The second kappa shape index (κ2) is 8.78. The Labute approximate surface area is 185 Å². The summed E-state index contributed by atoms with van der Waals surface area (Å²) in [7, 11) is 1.60. The fourth-order valence-electron chi connectivity index (χ4n) is 3.61. The van der Waals surface area contributed by atoms with Crippen molar-refractivity contribution in [1.82, 2.24) is 9.78 Å². The monoisotopic (exact) mass is 433 g/mol. The first-order chi connectivity index (χ1) is 15.0. The van der Waals surface area contributed by atoms with Crippen molar-refractivity contribution in [2.24, 2.45) is 0 Å². The average molecular weight is 434 g/mol. The van der Waals surface area contributed by atoms with Crippen LogP contribution in [0.15, 0.2) is 48.5 Å². The van der Waals surface area contributed by atoms with Crippen molar-refractivity contribution in [3.05, 3.63) is 65.4 Å². The summed E-state index contributed by atoms with van der Waals surface area (Å²) in [5.74, 6) is 4.29. The number of carbonyl (C=O) groups excluding carboxylic acids is 1. The van der Waals surface area contributed by atoms with E-state index in [0.29, 0.717) is 17.3 Å². The number of terminal acetylenes is 1. The number of para-hydroxylation sites is 1. The number of carbonyl (C=O) groups is 1. The number of ether oxygens (including phenoxy) is 2. The zero-order valence-corrected chi connectivity index (χ0v) is 18.4. The summed E-state index contributed by atoms with van der Waals surface area (Å²) in [4.78, 5) is 12.8. The largest absolute Gasteiger partial charge is 0.493 e. The highest BCUT2D eigenvalue weighted by Crippen LogP contribution is 2.47. The minimum absolute atomic E-state index is 0.0493. The average Bonchev–Trinajstić information content (AvgIpc) is 3.04. The van der Waals surface area contributed by atoms with Gasteiger partial charge in [0.05, 0.1) is 29.0 Å². The molecule has 6 nitrogen and oxygen atoms in total. The van der Waals surface area contributed by atoms with Crippen LogP contribution in [0, 0.1) is 19.3 Å². The summed E-state index contributed by atoms with van der Waals surface area (Å²) in [6.07, 6.45) is 5.31. The summed E-state index contributed by atoms with van der Waals surface area (Å²) in [5.41, 5.74) is 3.72. The third-order valence-corrected chi connectivity index (χ3v) is 6.52. The molecule has 1 aliphatic rings. The van der Waals surface area contributed by atoms with Crippen molar-refractivity contribution in [1.29, 1.82) is 0 Å². The molecule has 3 aromatic rings. The SMILES string of the molecule is C#CCOc1ccc([C@@H]2S[C@H](C)C(=O)Nc3c2c(C)nn3-c2ccccc2)cc1OC. The van der Waals surface area contributed by atoms with E-state index in [9.17, 15) is 4.79 Å². The van der Waals surface area contributed by atoms with E-state index in [0.717, 1.165) is 22.5 Å². The van der Waals surface area contributed by atoms with Crippen molar-refractivity contribution in [3.63, 3.8) is 0 Å². The van der Waals surface area contributed by atoms with Crippen LogP contribution >= 0.6 is 11.8 Å². The maximum absolute atomic E-state index is 12.8. The van der Waals surface area contributed by atoms with Gasteiger partial charge in [-0.3, -0.25) is 4.79 Å². The van der Waals surface area contributed by atoms with Crippen LogP contribution in [-0.4, -0.2) is 34.7 Å². The minimum atomic E-state index is -0.246.